The van der Waals surface area contributed by atoms with E-state index in [0.717, 1.165) is 0 Å². The number of pyridine rings is 1. The summed E-state index contributed by atoms with van der Waals surface area (Å²) in [5.74, 6) is -0.553. The van der Waals surface area contributed by atoms with E-state index in [1.165, 1.54) is 34.8 Å². The second-order valence-electron chi connectivity index (χ2n) is 5.18. The first-order valence-electron chi connectivity index (χ1n) is 7.62. The molecule has 0 atom stereocenters. The Morgan fingerprint density at radius 3 is 2.50 bits per heavy atom. The largest absolute Gasteiger partial charge is 0.320 e. The first kappa shape index (κ1) is 21.1. The number of carbonyl (C=O) groups is 1. The Labute approximate surface area is 170 Å². The maximum atomic E-state index is 12.6. The van der Waals surface area contributed by atoms with Crippen LogP contribution < -0.4 is 5.32 Å². The monoisotopic (exact) mass is 479 g/mol. The molecule has 1 N–H and O–H groups in total. The number of anilines is 1. The van der Waals surface area contributed by atoms with Gasteiger partial charge in [-0.15, -0.1) is 0 Å². The quantitative estimate of drug-likeness (QED) is 0.620. The Hall–Kier alpha value is -1.19. The smallest absolute Gasteiger partial charge is 0.258 e. The normalized spacial score (nSPS) is 11.6. The van der Waals surface area contributed by atoms with E-state index in [1.807, 2.05) is 0 Å². The molecule has 0 aliphatic heterocycles. The molecule has 10 heteroatoms. The van der Waals surface area contributed by atoms with Crippen molar-refractivity contribution in [3.8, 4) is 0 Å². The average Bonchev–Trinajstić information content (AvgIpc) is 2.59. The Morgan fingerprint density at radius 2 is 1.88 bits per heavy atom. The number of sulfonamides is 1. The summed E-state index contributed by atoms with van der Waals surface area (Å²) in [5.41, 5.74) is 0.301. The number of rotatable bonds is 6. The van der Waals surface area contributed by atoms with Gasteiger partial charge in [-0.1, -0.05) is 37.0 Å². The molecule has 0 fully saturated rings. The van der Waals surface area contributed by atoms with Gasteiger partial charge in [0.15, 0.2) is 0 Å². The van der Waals surface area contributed by atoms with E-state index in [9.17, 15) is 13.2 Å². The van der Waals surface area contributed by atoms with Gasteiger partial charge in [0.25, 0.3) is 5.91 Å². The van der Waals surface area contributed by atoms with Crippen molar-refractivity contribution in [3.63, 3.8) is 0 Å². The first-order chi connectivity index (χ1) is 12.2. The predicted octanol–water partition coefficient (Wildman–Crippen LogP) is 4.43. The average molecular weight is 481 g/mol. The maximum Gasteiger partial charge on any atom is 0.258 e. The topological polar surface area (TPSA) is 79.4 Å². The summed E-state index contributed by atoms with van der Waals surface area (Å²) in [5, 5.41) is 2.81. The maximum absolute atomic E-state index is 12.6. The van der Waals surface area contributed by atoms with Gasteiger partial charge in [-0.3, -0.25) is 4.79 Å². The zero-order valence-corrected chi connectivity index (χ0v) is 17.9. The molecule has 0 aliphatic rings. The fraction of sp³-hybridized carbons (Fsp3) is 0.250. The summed E-state index contributed by atoms with van der Waals surface area (Å²) < 4.78 is 27.2. The molecule has 0 unspecified atom stereocenters. The van der Waals surface area contributed by atoms with Gasteiger partial charge in [0.1, 0.15) is 5.15 Å². The van der Waals surface area contributed by atoms with Gasteiger partial charge in [-0.25, -0.2) is 13.4 Å². The van der Waals surface area contributed by atoms with Crippen molar-refractivity contribution < 1.29 is 13.2 Å². The molecule has 6 nitrogen and oxygen atoms in total. The van der Waals surface area contributed by atoms with Gasteiger partial charge in [0.05, 0.1) is 21.2 Å². The fourth-order valence-corrected chi connectivity index (χ4v) is 4.41. The number of nitrogens with one attached hydrogen (secondary N) is 1. The molecule has 140 valence electrons. The molecule has 1 aromatic carbocycles. The van der Waals surface area contributed by atoms with Gasteiger partial charge in [-0.2, -0.15) is 4.31 Å². The van der Waals surface area contributed by atoms with E-state index in [2.05, 4.69) is 26.2 Å². The number of hydrogen-bond acceptors (Lipinski definition) is 4. The zero-order valence-electron chi connectivity index (χ0n) is 14.0. The van der Waals surface area contributed by atoms with Crippen molar-refractivity contribution in [2.75, 3.05) is 18.4 Å². The van der Waals surface area contributed by atoms with Crippen LogP contribution in [0.3, 0.4) is 0 Å². The van der Waals surface area contributed by atoms with E-state index >= 15 is 0 Å². The van der Waals surface area contributed by atoms with Crippen molar-refractivity contribution in [1.82, 2.24) is 9.29 Å². The molecule has 0 aliphatic carbocycles. The van der Waals surface area contributed by atoms with Crippen molar-refractivity contribution in [3.05, 3.63) is 50.7 Å². The Morgan fingerprint density at radius 1 is 1.23 bits per heavy atom. The molecule has 0 saturated heterocycles. The van der Waals surface area contributed by atoms with Crippen molar-refractivity contribution in [1.29, 1.82) is 0 Å². The minimum absolute atomic E-state index is 0.0220. The third kappa shape index (κ3) is 4.55. The molecule has 26 heavy (non-hydrogen) atoms. The molecule has 0 saturated carbocycles. The number of aromatic nitrogens is 1. The van der Waals surface area contributed by atoms with Crippen LogP contribution in [0.15, 0.2) is 39.8 Å². The van der Waals surface area contributed by atoms with Gasteiger partial charge in [0, 0.05) is 23.8 Å². The van der Waals surface area contributed by atoms with Gasteiger partial charge >= 0.3 is 0 Å². The predicted molar refractivity (Wildman–Crippen MR) is 106 cm³/mol. The van der Waals surface area contributed by atoms with E-state index in [0.29, 0.717) is 17.6 Å². The lowest BCUT2D eigenvalue weighted by Gasteiger charge is -2.19. The Kier molecular flexibility index (Phi) is 7.04. The van der Waals surface area contributed by atoms with Crippen LogP contribution in [-0.4, -0.2) is 36.7 Å². The molecule has 0 radical (unpaired) electrons. The van der Waals surface area contributed by atoms with Crippen molar-refractivity contribution >= 4 is 60.7 Å². The molecule has 0 bridgehead atoms. The highest BCUT2D eigenvalue weighted by molar-refractivity contribution is 9.10. The number of hydrogen-bond donors (Lipinski definition) is 1. The first-order valence-corrected chi connectivity index (χ1v) is 10.6. The van der Waals surface area contributed by atoms with Crippen LogP contribution in [0.4, 0.5) is 5.69 Å². The van der Waals surface area contributed by atoms with Gasteiger partial charge in [-0.05, 0) is 40.2 Å². The van der Waals surface area contributed by atoms with E-state index in [4.69, 9.17) is 23.2 Å². The Bertz CT molecular complexity index is 934. The van der Waals surface area contributed by atoms with E-state index in [-0.39, 0.29) is 26.3 Å². The zero-order chi connectivity index (χ0) is 19.5. The molecule has 2 aromatic rings. The minimum Gasteiger partial charge on any atom is -0.320 e. The van der Waals surface area contributed by atoms with Crippen LogP contribution in [0.5, 0.6) is 0 Å². The molecule has 2 rings (SSSR count). The SMILES string of the molecule is CCN(CC)S(=O)(=O)c1ccc(Cl)c(NC(=O)c2cc(Br)cnc2Cl)c1. The summed E-state index contributed by atoms with van der Waals surface area (Å²) >= 11 is 15.3. The highest BCUT2D eigenvalue weighted by Gasteiger charge is 2.23. The summed E-state index contributed by atoms with van der Waals surface area (Å²) in [6.07, 6.45) is 1.46. The van der Waals surface area contributed by atoms with E-state index in [1.54, 1.807) is 13.8 Å². The number of nitrogens with zero attached hydrogens (tertiary/aromatic N) is 2. The van der Waals surface area contributed by atoms with Gasteiger partial charge in [0.2, 0.25) is 10.0 Å². The number of amides is 1. The van der Waals surface area contributed by atoms with Crippen LogP contribution >= 0.6 is 39.1 Å². The van der Waals surface area contributed by atoms with Gasteiger partial charge < -0.3 is 5.32 Å². The lowest BCUT2D eigenvalue weighted by molar-refractivity contribution is 0.102. The van der Waals surface area contributed by atoms with Crippen molar-refractivity contribution in [2.45, 2.75) is 18.7 Å². The summed E-state index contributed by atoms with van der Waals surface area (Å²) in [6.45, 7) is 4.18. The molecule has 1 heterocycles. The van der Waals surface area contributed by atoms with Crippen LogP contribution in [0.2, 0.25) is 10.2 Å². The van der Waals surface area contributed by atoms with Crippen LogP contribution in [-0.2, 0) is 10.0 Å². The van der Waals surface area contributed by atoms with Crippen LogP contribution in [0.1, 0.15) is 24.2 Å². The van der Waals surface area contributed by atoms with Crippen LogP contribution in [0, 0.1) is 0 Å². The third-order valence-corrected chi connectivity index (χ3v) is 6.69. The second kappa shape index (κ2) is 8.67. The standard InChI is InChI=1S/C16H16BrCl2N3O3S/c1-3-22(4-2)26(24,25)11-5-6-13(18)14(8-11)21-16(23)12-7-10(17)9-20-15(12)19/h5-9H,3-4H2,1-2H3,(H,21,23). The lowest BCUT2D eigenvalue weighted by atomic mass is 10.2. The van der Waals surface area contributed by atoms with Crippen LogP contribution in [0.25, 0.3) is 0 Å². The fourth-order valence-electron chi connectivity index (χ4n) is 2.24. The molecular weight excluding hydrogens is 465 g/mol. The minimum atomic E-state index is -3.68. The highest BCUT2D eigenvalue weighted by atomic mass is 79.9. The summed E-state index contributed by atoms with van der Waals surface area (Å²) in [7, 11) is -3.68. The lowest BCUT2D eigenvalue weighted by Crippen LogP contribution is -2.30. The second-order valence-corrected chi connectivity index (χ2v) is 8.80. The highest BCUT2D eigenvalue weighted by Crippen LogP contribution is 2.28. The molecular formula is C16H16BrCl2N3O3S. The molecule has 0 spiro atoms. The molecule has 1 aromatic heterocycles. The number of carbonyl (C=O) groups excluding carboxylic acids is 1. The number of halogens is 3. The number of benzene rings is 1. The van der Waals surface area contributed by atoms with E-state index < -0.39 is 15.9 Å². The third-order valence-electron chi connectivity index (χ3n) is 3.58. The Balaban J connectivity index is 2.39. The molecule has 1 amide bonds. The summed E-state index contributed by atoms with van der Waals surface area (Å²) in [4.78, 5) is 16.4. The van der Waals surface area contributed by atoms with Crippen molar-refractivity contribution in [2.24, 2.45) is 0 Å². The summed E-state index contributed by atoms with van der Waals surface area (Å²) in [6, 6.07) is 5.66.